The largest absolute Gasteiger partial charge is 1.00 e. The van der Waals surface area contributed by atoms with Gasteiger partial charge in [0.25, 0.3) is 0 Å². The van der Waals surface area contributed by atoms with Gasteiger partial charge >= 0.3 is 38.1 Å². The number of carboxylic acids is 2. The van der Waals surface area contributed by atoms with Crippen LogP contribution in [0.4, 0.5) is 0 Å². The first-order valence-corrected chi connectivity index (χ1v) is 3.11. The number of carbonyl (C=O) groups is 2. The normalized spacial score (nSPS) is 6.36. The van der Waals surface area contributed by atoms with Crippen LogP contribution in [0.3, 0.4) is 0 Å². The van der Waals surface area contributed by atoms with Gasteiger partial charge in [-0.15, -0.1) is 0 Å². The Labute approximate surface area is 97.7 Å². The minimum Gasteiger partial charge on any atom is -0.473 e. The fourth-order valence-electron chi connectivity index (χ4n) is 0. The molecule has 0 aliphatic carbocycles. The number of aliphatic carboxylic acids is 2. The van der Waals surface area contributed by atoms with Gasteiger partial charge in [-0.2, -0.15) is 6.92 Å². The molecule has 14 heavy (non-hydrogen) atoms. The Morgan fingerprint density at radius 3 is 1.21 bits per heavy atom. The fourth-order valence-corrected chi connectivity index (χ4v) is 0. The molecule has 0 heterocycles. The molecule has 78 valence electrons. The molecule has 0 atom stereocenters. The molecule has 10 heteroatoms. The first kappa shape index (κ1) is 23.5. The van der Waals surface area contributed by atoms with Crippen molar-refractivity contribution < 1.29 is 53.7 Å². The van der Waals surface area contributed by atoms with Crippen molar-refractivity contribution in [2.75, 3.05) is 0 Å². The van der Waals surface area contributed by atoms with Crippen LogP contribution >= 0.6 is 11.6 Å². The summed E-state index contributed by atoms with van der Waals surface area (Å²) in [5.41, 5.74) is 0. The van der Waals surface area contributed by atoms with Crippen molar-refractivity contribution >= 4 is 30.9 Å². The van der Waals surface area contributed by atoms with E-state index in [2.05, 4.69) is 0 Å². The monoisotopic (exact) mass is 222 g/mol. The summed E-state index contributed by atoms with van der Waals surface area (Å²) in [4.78, 5) is 18.2. The van der Waals surface area contributed by atoms with E-state index in [1.807, 2.05) is 0 Å². The summed E-state index contributed by atoms with van der Waals surface area (Å²) in [5, 5.41) is 36.3. The molecular weight excluding hydrogens is 213 g/mol. The molecule has 0 saturated heterocycles. The maximum absolute atomic E-state index is 9.10. The van der Waals surface area contributed by atoms with Gasteiger partial charge in [0.15, 0.2) is 0 Å². The molecule has 0 aliphatic rings. The van der Waals surface area contributed by atoms with Gasteiger partial charge in [0.1, 0.15) is 0 Å². The Kier molecular flexibility index (Phi) is 31.1. The van der Waals surface area contributed by atoms with E-state index in [9.17, 15) is 0 Å². The molecule has 0 fully saturated rings. The van der Waals surface area contributed by atoms with E-state index in [0.29, 0.717) is 0 Å². The second-order valence-corrected chi connectivity index (χ2v) is 1.61. The van der Waals surface area contributed by atoms with Crippen LogP contribution in [0.5, 0.6) is 0 Å². The summed E-state index contributed by atoms with van der Waals surface area (Å²) < 4.78 is 0. The Hall–Kier alpha value is -0.228. The average Bonchev–Trinajstić information content (AvgIpc) is 1.87. The number of hydrogen-bond acceptors (Lipinski definition) is 5. The summed E-state index contributed by atoms with van der Waals surface area (Å²) in [7, 11) is -2.17. The summed E-state index contributed by atoms with van der Waals surface area (Å²) in [6.07, 6.45) is 0. The van der Waals surface area contributed by atoms with Crippen LogP contribution < -0.4 is 18.9 Å². The maximum Gasteiger partial charge on any atom is 1.00 e. The Balaban J connectivity index is -0.0000000553. The van der Waals surface area contributed by atoms with Gasteiger partial charge in [-0.1, -0.05) is 0 Å². The van der Waals surface area contributed by atoms with E-state index in [0.717, 1.165) is 0 Å². The number of hydrogen-bond donors (Lipinski definition) is 5. The maximum atomic E-state index is 9.10. The van der Waals surface area contributed by atoms with Gasteiger partial charge in [-0.25, -0.2) is 15.5 Å². The summed E-state index contributed by atoms with van der Waals surface area (Å²) in [5.74, 6) is -2.18. The zero-order valence-electron chi connectivity index (χ0n) is 7.59. The number of rotatable bonds is 0. The van der Waals surface area contributed by atoms with Crippen molar-refractivity contribution in [3.8, 4) is 0 Å². The molecule has 7 nitrogen and oxygen atoms in total. The van der Waals surface area contributed by atoms with Crippen LogP contribution in [-0.4, -0.2) is 44.5 Å². The molecular formula is C4H9BClLiO7. The summed E-state index contributed by atoms with van der Waals surface area (Å²) in [6.45, 7) is 1.77. The quantitative estimate of drug-likeness (QED) is 0.158. The van der Waals surface area contributed by atoms with Crippen LogP contribution in [0.25, 0.3) is 0 Å². The van der Waals surface area contributed by atoms with Gasteiger partial charge in [-0.05, 0) is 0 Å². The van der Waals surface area contributed by atoms with Gasteiger partial charge in [0.05, 0.1) is 0 Å². The van der Waals surface area contributed by atoms with E-state index >= 15 is 0 Å². The molecule has 0 aliphatic heterocycles. The van der Waals surface area contributed by atoms with Gasteiger partial charge in [0, 0.05) is 0 Å². The molecule has 5 N–H and O–H groups in total. The van der Waals surface area contributed by atoms with E-state index in [1.54, 1.807) is 6.92 Å². The van der Waals surface area contributed by atoms with Crippen molar-refractivity contribution in [1.82, 2.24) is 0 Å². The Bertz CT molecular complexity index is 129. The van der Waals surface area contributed by atoms with Crippen LogP contribution in [0.1, 0.15) is 6.92 Å². The molecule has 0 radical (unpaired) electrons. The molecule has 0 unspecified atom stereocenters. The topological polar surface area (TPSA) is 135 Å². The Morgan fingerprint density at radius 2 is 1.21 bits per heavy atom. The van der Waals surface area contributed by atoms with Crippen LogP contribution in [-0.2, 0) is 9.59 Å². The van der Waals surface area contributed by atoms with Crippen LogP contribution in [0, 0.1) is 5.88 Å². The number of halogens is 1. The van der Waals surface area contributed by atoms with E-state index in [1.165, 1.54) is 5.88 Å². The van der Waals surface area contributed by atoms with Gasteiger partial charge in [0.2, 0.25) is 0 Å². The van der Waals surface area contributed by atoms with E-state index in [4.69, 9.17) is 46.5 Å². The predicted octanol–water partition coefficient (Wildman–Crippen LogP) is -4.49. The number of carboxylic acid groups (broad SMARTS) is 2. The van der Waals surface area contributed by atoms with Crippen LogP contribution in [0.15, 0.2) is 0 Å². The van der Waals surface area contributed by atoms with Crippen molar-refractivity contribution in [2.45, 2.75) is 6.92 Å². The second kappa shape index (κ2) is 18.5. The average molecular weight is 222 g/mol. The van der Waals surface area contributed by atoms with Crippen LogP contribution in [0.2, 0.25) is 0 Å². The van der Waals surface area contributed by atoms with Crippen molar-refractivity contribution in [3.63, 3.8) is 0 Å². The predicted molar refractivity (Wildman–Crippen MR) is 43.5 cm³/mol. The molecule has 0 spiro atoms. The van der Waals surface area contributed by atoms with E-state index in [-0.39, 0.29) is 18.9 Å². The first-order valence-electron chi connectivity index (χ1n) is 2.68. The van der Waals surface area contributed by atoms with E-state index < -0.39 is 19.3 Å². The van der Waals surface area contributed by atoms with Crippen molar-refractivity contribution in [1.29, 1.82) is 0 Å². The van der Waals surface area contributed by atoms with Gasteiger partial charge < -0.3 is 36.9 Å². The minimum absolute atomic E-state index is 0. The third kappa shape index (κ3) is 96.0. The summed E-state index contributed by atoms with van der Waals surface area (Å²) >= 11 is 4.87. The fraction of sp³-hybridized carbons (Fsp3) is 0.250. The molecule has 0 rings (SSSR count). The molecule has 0 aromatic rings. The minimum atomic E-state index is -2.17. The molecule has 0 aromatic heterocycles. The molecule has 0 saturated carbocycles. The van der Waals surface area contributed by atoms with Crippen molar-refractivity contribution in [3.05, 3.63) is 5.88 Å². The molecule has 0 bridgehead atoms. The molecule has 0 aromatic carbocycles. The molecule has 0 amide bonds. The van der Waals surface area contributed by atoms with Gasteiger partial charge in [-0.3, -0.25) is 0 Å². The summed E-state index contributed by atoms with van der Waals surface area (Å²) in [6, 6.07) is 0. The zero-order valence-corrected chi connectivity index (χ0v) is 8.34. The Morgan fingerprint density at radius 1 is 1.14 bits per heavy atom. The third-order valence-corrected chi connectivity index (χ3v) is 0.183. The second-order valence-electron chi connectivity index (χ2n) is 1.17. The smallest absolute Gasteiger partial charge is 0.473 e. The zero-order chi connectivity index (χ0) is 11.4. The third-order valence-electron chi connectivity index (χ3n) is 0.183. The standard InChI is InChI=1S/C2H4Cl.C2H2O4.BH3O3.Li/c1-2-3;3-1(4)2(5)6;2-1(3)4;/h2H,1H3;(H,3,4)(H,5,6);2-4H;/q-1;;;+1. The first-order chi connectivity index (χ1) is 5.79. The van der Waals surface area contributed by atoms with Crippen molar-refractivity contribution in [2.24, 2.45) is 0 Å². The SMILES string of the molecule is C[CH-]Cl.O=C(O)C(=O)O.OB(O)O.[Li+].